The Kier molecular flexibility index (Phi) is 3.80. The lowest BCUT2D eigenvalue weighted by molar-refractivity contribution is -0.136. The molecule has 0 aliphatic carbocycles. The van der Waals surface area contributed by atoms with Crippen molar-refractivity contribution in [3.05, 3.63) is 23.8 Å². The van der Waals surface area contributed by atoms with E-state index < -0.39 is 15.8 Å². The maximum Gasteiger partial charge on any atom is 0.305 e. The molecule has 1 aromatic carbocycles. The molecule has 0 radical (unpaired) electrons. The van der Waals surface area contributed by atoms with E-state index in [0.29, 0.717) is 23.7 Å². The molecule has 1 aliphatic heterocycles. The number of aliphatic carboxylic acids is 1. The van der Waals surface area contributed by atoms with Crippen molar-refractivity contribution in [1.82, 2.24) is 0 Å². The second-order valence-electron chi connectivity index (χ2n) is 4.57. The van der Waals surface area contributed by atoms with E-state index >= 15 is 0 Å². The van der Waals surface area contributed by atoms with E-state index in [4.69, 9.17) is 5.11 Å². The number of aryl methyl sites for hydroxylation is 1. The number of rotatable bonds is 4. The quantitative estimate of drug-likeness (QED) is 0.902. The molecule has 0 bridgehead atoms. The van der Waals surface area contributed by atoms with Crippen LogP contribution in [0.2, 0.25) is 0 Å². The molecule has 0 aromatic heterocycles. The molecule has 0 saturated carbocycles. The first kappa shape index (κ1) is 13.9. The van der Waals surface area contributed by atoms with Gasteiger partial charge in [-0.05, 0) is 18.1 Å². The number of carbonyl (C=O) groups is 1. The minimum absolute atomic E-state index is 0.0114. The van der Waals surface area contributed by atoms with Gasteiger partial charge in [0.25, 0.3) is 0 Å². The molecule has 0 amide bonds. The van der Waals surface area contributed by atoms with Gasteiger partial charge in [-0.2, -0.15) is 0 Å². The topological polar surface area (TPSA) is 74.7 Å². The van der Waals surface area contributed by atoms with E-state index in [-0.39, 0.29) is 12.2 Å². The van der Waals surface area contributed by atoms with E-state index in [1.165, 1.54) is 0 Å². The third-order valence-electron chi connectivity index (χ3n) is 3.34. The molecule has 1 N–H and O–H groups in total. The first-order valence-corrected chi connectivity index (χ1v) is 7.92. The number of sulfone groups is 1. The van der Waals surface area contributed by atoms with Crippen LogP contribution in [0.5, 0.6) is 0 Å². The van der Waals surface area contributed by atoms with Crippen LogP contribution in [-0.4, -0.2) is 38.3 Å². The number of fused-ring (bicyclic) bond motifs is 1. The molecule has 19 heavy (non-hydrogen) atoms. The second kappa shape index (κ2) is 5.21. The van der Waals surface area contributed by atoms with Crippen molar-refractivity contribution in [2.75, 3.05) is 23.7 Å². The predicted octanol–water partition coefficient (Wildman–Crippen LogP) is 1.32. The molecule has 6 heteroatoms. The van der Waals surface area contributed by atoms with Gasteiger partial charge in [-0.15, -0.1) is 0 Å². The summed E-state index contributed by atoms with van der Waals surface area (Å²) >= 11 is 0. The van der Waals surface area contributed by atoms with Gasteiger partial charge in [0, 0.05) is 13.1 Å². The molecule has 0 unspecified atom stereocenters. The van der Waals surface area contributed by atoms with Gasteiger partial charge in [0.15, 0.2) is 9.84 Å². The highest BCUT2D eigenvalue weighted by molar-refractivity contribution is 7.91. The van der Waals surface area contributed by atoms with Crippen molar-refractivity contribution in [1.29, 1.82) is 0 Å². The van der Waals surface area contributed by atoms with Crippen molar-refractivity contribution < 1.29 is 18.3 Å². The molecule has 1 aliphatic rings. The van der Waals surface area contributed by atoms with Crippen LogP contribution in [-0.2, 0) is 21.1 Å². The zero-order valence-electron chi connectivity index (χ0n) is 10.8. The molecule has 104 valence electrons. The lowest BCUT2D eigenvalue weighted by Crippen LogP contribution is -2.37. The summed E-state index contributed by atoms with van der Waals surface area (Å²) < 4.78 is 24.2. The summed E-state index contributed by atoms with van der Waals surface area (Å²) in [6.45, 7) is 2.67. The highest BCUT2D eigenvalue weighted by Gasteiger charge is 2.29. The number of hydrogen-bond acceptors (Lipinski definition) is 4. The van der Waals surface area contributed by atoms with E-state index in [9.17, 15) is 13.2 Å². The molecule has 1 heterocycles. The third-order valence-corrected chi connectivity index (χ3v) is 5.06. The van der Waals surface area contributed by atoms with Crippen LogP contribution in [0.25, 0.3) is 0 Å². The van der Waals surface area contributed by atoms with Crippen LogP contribution in [0, 0.1) is 0 Å². The average molecular weight is 283 g/mol. The zero-order chi connectivity index (χ0) is 14.0. The number of nitrogens with zero attached hydrogens (tertiary/aromatic N) is 1. The number of carboxylic acids is 1. The fraction of sp³-hybridized carbons (Fsp3) is 0.462. The first-order chi connectivity index (χ1) is 8.95. The number of carboxylic acid groups (broad SMARTS) is 1. The van der Waals surface area contributed by atoms with Crippen LogP contribution in [0.4, 0.5) is 5.69 Å². The summed E-state index contributed by atoms with van der Waals surface area (Å²) in [5.74, 6) is -0.823. The predicted molar refractivity (Wildman–Crippen MR) is 72.3 cm³/mol. The zero-order valence-corrected chi connectivity index (χ0v) is 11.6. The Morgan fingerprint density at radius 3 is 2.79 bits per heavy atom. The Bertz CT molecular complexity index is 595. The van der Waals surface area contributed by atoms with Gasteiger partial charge in [0.05, 0.1) is 22.8 Å². The van der Waals surface area contributed by atoms with Crippen LogP contribution in [0.1, 0.15) is 18.9 Å². The Hall–Kier alpha value is -1.56. The second-order valence-corrected chi connectivity index (χ2v) is 6.64. The maximum absolute atomic E-state index is 12.1. The van der Waals surface area contributed by atoms with Gasteiger partial charge in [0.2, 0.25) is 0 Å². The molecule has 0 atom stereocenters. The summed E-state index contributed by atoms with van der Waals surface area (Å²) in [4.78, 5) is 12.9. The van der Waals surface area contributed by atoms with Crippen LogP contribution in [0.15, 0.2) is 23.1 Å². The maximum atomic E-state index is 12.1. The van der Waals surface area contributed by atoms with Crippen molar-refractivity contribution in [3.8, 4) is 0 Å². The van der Waals surface area contributed by atoms with Gasteiger partial charge < -0.3 is 10.0 Å². The summed E-state index contributed by atoms with van der Waals surface area (Å²) in [6, 6.07) is 5.25. The standard InChI is InChI=1S/C13H17NO4S/c1-2-10-4-3-5-11-13(10)14(7-6-12(15)16)8-9-19(11,17)18/h3-5H,2,6-9H2,1H3,(H,15,16). The van der Waals surface area contributed by atoms with Gasteiger partial charge in [0.1, 0.15) is 0 Å². The minimum Gasteiger partial charge on any atom is -0.481 e. The highest BCUT2D eigenvalue weighted by Crippen LogP contribution is 2.34. The Labute approximate surface area is 112 Å². The summed E-state index contributed by atoms with van der Waals surface area (Å²) in [5.41, 5.74) is 1.64. The summed E-state index contributed by atoms with van der Waals surface area (Å²) in [5, 5.41) is 8.78. The van der Waals surface area contributed by atoms with Gasteiger partial charge >= 0.3 is 5.97 Å². The van der Waals surface area contributed by atoms with Crippen molar-refractivity contribution >= 4 is 21.5 Å². The van der Waals surface area contributed by atoms with E-state index in [0.717, 1.165) is 12.0 Å². The lowest BCUT2D eigenvalue weighted by Gasteiger charge is -2.32. The first-order valence-electron chi connectivity index (χ1n) is 6.27. The van der Waals surface area contributed by atoms with Crippen molar-refractivity contribution in [2.45, 2.75) is 24.7 Å². The largest absolute Gasteiger partial charge is 0.481 e. The number of hydrogen-bond donors (Lipinski definition) is 1. The fourth-order valence-corrected chi connectivity index (χ4v) is 3.89. The monoisotopic (exact) mass is 283 g/mol. The molecule has 5 nitrogen and oxygen atoms in total. The smallest absolute Gasteiger partial charge is 0.305 e. The molecule has 2 rings (SSSR count). The molecular weight excluding hydrogens is 266 g/mol. The van der Waals surface area contributed by atoms with Crippen molar-refractivity contribution in [3.63, 3.8) is 0 Å². The number of benzene rings is 1. The van der Waals surface area contributed by atoms with E-state index in [1.54, 1.807) is 12.1 Å². The normalized spacial score (nSPS) is 17.0. The fourth-order valence-electron chi connectivity index (χ4n) is 2.37. The molecule has 0 spiro atoms. The van der Waals surface area contributed by atoms with Gasteiger partial charge in [-0.1, -0.05) is 19.1 Å². The lowest BCUT2D eigenvalue weighted by atomic mass is 10.1. The highest BCUT2D eigenvalue weighted by atomic mass is 32.2. The van der Waals surface area contributed by atoms with Gasteiger partial charge in [-0.3, -0.25) is 4.79 Å². The van der Waals surface area contributed by atoms with E-state index in [2.05, 4.69) is 0 Å². The number of anilines is 1. The number of para-hydroxylation sites is 1. The molecule has 0 saturated heterocycles. The van der Waals surface area contributed by atoms with Crippen molar-refractivity contribution in [2.24, 2.45) is 0 Å². The third kappa shape index (κ3) is 2.73. The Morgan fingerprint density at radius 2 is 2.16 bits per heavy atom. The summed E-state index contributed by atoms with van der Waals surface area (Å²) in [6.07, 6.45) is 0.736. The minimum atomic E-state index is -3.24. The van der Waals surface area contributed by atoms with Crippen LogP contribution in [0.3, 0.4) is 0 Å². The summed E-state index contributed by atoms with van der Waals surface area (Å²) in [7, 11) is -3.24. The molecule has 0 fully saturated rings. The van der Waals surface area contributed by atoms with Gasteiger partial charge in [-0.25, -0.2) is 8.42 Å². The molecule has 1 aromatic rings. The average Bonchev–Trinajstić information content (AvgIpc) is 2.37. The SMILES string of the molecule is CCc1cccc2c1N(CCC(=O)O)CCS2(=O)=O. The molecular formula is C13H17NO4S. The van der Waals surface area contributed by atoms with Crippen LogP contribution >= 0.6 is 0 Å². The Morgan fingerprint density at radius 1 is 1.42 bits per heavy atom. The van der Waals surface area contributed by atoms with Crippen LogP contribution < -0.4 is 4.90 Å². The van der Waals surface area contributed by atoms with E-state index in [1.807, 2.05) is 17.9 Å². The Balaban J connectivity index is 2.46.